The number of anilines is 1. The van der Waals surface area contributed by atoms with Gasteiger partial charge in [-0.3, -0.25) is 4.57 Å². The SMILES string of the molecule is CC(CN(C(=O)O)C(C)(C)C)c1ccc(-n2c(-c3cccnc3N)nc3ccc(Cl)nc32)cc1. The second-order valence-electron chi connectivity index (χ2n) is 9.24. The molecule has 0 aliphatic rings. The van der Waals surface area contributed by atoms with Crippen LogP contribution in [-0.4, -0.2) is 47.7 Å². The van der Waals surface area contributed by atoms with Crippen LogP contribution in [0.2, 0.25) is 5.15 Å². The van der Waals surface area contributed by atoms with Crippen molar-refractivity contribution >= 4 is 34.7 Å². The van der Waals surface area contributed by atoms with Crippen LogP contribution in [0.1, 0.15) is 39.2 Å². The van der Waals surface area contributed by atoms with E-state index in [4.69, 9.17) is 22.3 Å². The molecule has 176 valence electrons. The monoisotopic (exact) mass is 478 g/mol. The second-order valence-corrected chi connectivity index (χ2v) is 9.63. The summed E-state index contributed by atoms with van der Waals surface area (Å²) in [4.78, 5) is 26.7. The van der Waals surface area contributed by atoms with E-state index in [1.807, 2.05) is 74.7 Å². The minimum absolute atomic E-state index is 0.00455. The van der Waals surface area contributed by atoms with Crippen molar-refractivity contribution < 1.29 is 9.90 Å². The minimum atomic E-state index is -0.928. The summed E-state index contributed by atoms with van der Waals surface area (Å²) in [5.74, 6) is 0.984. The van der Waals surface area contributed by atoms with E-state index in [9.17, 15) is 9.90 Å². The number of carboxylic acid groups (broad SMARTS) is 1. The molecule has 3 heterocycles. The molecule has 1 unspecified atom stereocenters. The zero-order chi connectivity index (χ0) is 24.6. The van der Waals surface area contributed by atoms with Crippen LogP contribution in [0, 0.1) is 0 Å². The second kappa shape index (κ2) is 8.95. The molecule has 0 radical (unpaired) electrons. The highest BCUT2D eigenvalue weighted by molar-refractivity contribution is 6.29. The number of halogens is 1. The quantitative estimate of drug-likeness (QED) is 0.361. The van der Waals surface area contributed by atoms with E-state index < -0.39 is 11.6 Å². The summed E-state index contributed by atoms with van der Waals surface area (Å²) in [7, 11) is 0. The zero-order valence-electron chi connectivity index (χ0n) is 19.5. The fourth-order valence-corrected chi connectivity index (χ4v) is 4.08. The number of nitrogens with two attached hydrogens (primary N) is 1. The molecule has 0 spiro atoms. The molecule has 3 N–H and O–H groups in total. The number of pyridine rings is 2. The summed E-state index contributed by atoms with van der Waals surface area (Å²) in [5.41, 5.74) is 9.51. The van der Waals surface area contributed by atoms with Gasteiger partial charge in [-0.25, -0.2) is 19.7 Å². The Hall–Kier alpha value is -3.65. The Morgan fingerprint density at radius 1 is 1.15 bits per heavy atom. The maximum Gasteiger partial charge on any atom is 0.407 e. The third kappa shape index (κ3) is 4.54. The first-order valence-corrected chi connectivity index (χ1v) is 11.3. The van der Waals surface area contributed by atoms with Gasteiger partial charge in [0.2, 0.25) is 0 Å². The van der Waals surface area contributed by atoms with E-state index >= 15 is 0 Å². The summed E-state index contributed by atoms with van der Waals surface area (Å²) >= 11 is 6.20. The van der Waals surface area contributed by atoms with Crippen LogP contribution in [0.15, 0.2) is 54.7 Å². The zero-order valence-corrected chi connectivity index (χ0v) is 20.3. The number of imidazole rings is 1. The largest absolute Gasteiger partial charge is 0.465 e. The molecule has 4 aromatic rings. The summed E-state index contributed by atoms with van der Waals surface area (Å²) in [5, 5.41) is 10.0. The van der Waals surface area contributed by atoms with Crippen molar-refractivity contribution in [3.05, 3.63) is 65.4 Å². The van der Waals surface area contributed by atoms with Crippen molar-refractivity contribution in [1.29, 1.82) is 0 Å². The Bertz CT molecular complexity index is 1340. The predicted octanol–water partition coefficient (Wildman–Crippen LogP) is 5.60. The van der Waals surface area contributed by atoms with Crippen LogP contribution >= 0.6 is 11.6 Å². The van der Waals surface area contributed by atoms with Gasteiger partial charge in [0.15, 0.2) is 11.5 Å². The van der Waals surface area contributed by atoms with Gasteiger partial charge in [0, 0.05) is 24.0 Å². The molecule has 0 fully saturated rings. The lowest BCUT2D eigenvalue weighted by molar-refractivity contribution is 0.0968. The molecule has 0 saturated heterocycles. The highest BCUT2D eigenvalue weighted by Gasteiger charge is 2.28. The van der Waals surface area contributed by atoms with Gasteiger partial charge in [-0.2, -0.15) is 0 Å². The molecule has 8 nitrogen and oxygen atoms in total. The van der Waals surface area contributed by atoms with Gasteiger partial charge in [-0.15, -0.1) is 0 Å². The molecule has 34 heavy (non-hydrogen) atoms. The predicted molar refractivity (Wildman–Crippen MR) is 134 cm³/mol. The lowest BCUT2D eigenvalue weighted by Gasteiger charge is -2.35. The van der Waals surface area contributed by atoms with Gasteiger partial charge in [0.1, 0.15) is 16.5 Å². The van der Waals surface area contributed by atoms with Gasteiger partial charge >= 0.3 is 6.09 Å². The van der Waals surface area contributed by atoms with E-state index in [1.165, 1.54) is 4.90 Å². The average Bonchev–Trinajstić information content (AvgIpc) is 3.15. The van der Waals surface area contributed by atoms with E-state index in [1.54, 1.807) is 12.3 Å². The number of nitrogen functional groups attached to an aromatic ring is 1. The average molecular weight is 479 g/mol. The fourth-order valence-electron chi connectivity index (χ4n) is 3.94. The van der Waals surface area contributed by atoms with Crippen molar-refractivity contribution in [2.24, 2.45) is 0 Å². The molecule has 0 bridgehead atoms. The van der Waals surface area contributed by atoms with Gasteiger partial charge in [-0.1, -0.05) is 30.7 Å². The van der Waals surface area contributed by atoms with Crippen molar-refractivity contribution in [2.45, 2.75) is 39.2 Å². The Balaban J connectivity index is 1.76. The van der Waals surface area contributed by atoms with Gasteiger partial charge in [-0.05, 0) is 68.7 Å². The van der Waals surface area contributed by atoms with E-state index in [0.29, 0.717) is 40.1 Å². The van der Waals surface area contributed by atoms with Crippen LogP contribution in [0.25, 0.3) is 28.2 Å². The standard InChI is InChI=1S/C25H27ClN6O2/c1-15(14-31(24(33)34)25(2,3)4)16-7-9-17(10-8-16)32-22(18-6-5-13-28-21(18)27)29-19-11-12-20(26)30-23(19)32/h5-13,15H,14H2,1-4H3,(H2,27,28)(H,33,34). The number of fused-ring (bicyclic) bond motifs is 1. The van der Waals surface area contributed by atoms with Crippen LogP contribution < -0.4 is 5.73 Å². The molecular formula is C25H27ClN6O2. The van der Waals surface area contributed by atoms with Gasteiger partial charge in [0.25, 0.3) is 0 Å². The van der Waals surface area contributed by atoms with Crippen molar-refractivity contribution in [3.63, 3.8) is 0 Å². The molecule has 0 saturated carbocycles. The number of benzene rings is 1. The minimum Gasteiger partial charge on any atom is -0.465 e. The van der Waals surface area contributed by atoms with Crippen molar-refractivity contribution in [1.82, 2.24) is 24.4 Å². The Morgan fingerprint density at radius 2 is 1.85 bits per heavy atom. The number of nitrogens with zero attached hydrogens (tertiary/aromatic N) is 5. The first-order chi connectivity index (χ1) is 16.1. The maximum absolute atomic E-state index is 11.8. The van der Waals surface area contributed by atoms with Crippen molar-refractivity contribution in [3.8, 4) is 17.1 Å². The summed E-state index contributed by atoms with van der Waals surface area (Å²) < 4.78 is 1.90. The molecule has 9 heteroatoms. The smallest absolute Gasteiger partial charge is 0.407 e. The highest BCUT2D eigenvalue weighted by Crippen LogP contribution is 2.31. The Morgan fingerprint density at radius 3 is 2.47 bits per heavy atom. The fraction of sp³-hybridized carbons (Fsp3) is 0.280. The summed E-state index contributed by atoms with van der Waals surface area (Å²) in [6, 6.07) is 15.1. The third-order valence-electron chi connectivity index (χ3n) is 5.77. The number of hydrogen-bond acceptors (Lipinski definition) is 5. The van der Waals surface area contributed by atoms with E-state index in [0.717, 1.165) is 11.3 Å². The van der Waals surface area contributed by atoms with Gasteiger partial charge < -0.3 is 15.7 Å². The number of carbonyl (C=O) groups is 1. The van der Waals surface area contributed by atoms with Crippen LogP contribution in [0.3, 0.4) is 0 Å². The van der Waals surface area contributed by atoms with E-state index in [-0.39, 0.29) is 5.92 Å². The Kier molecular flexibility index (Phi) is 6.18. The topological polar surface area (TPSA) is 110 Å². The maximum atomic E-state index is 11.8. The van der Waals surface area contributed by atoms with Crippen LogP contribution in [-0.2, 0) is 0 Å². The lowest BCUT2D eigenvalue weighted by Crippen LogP contribution is -2.46. The molecule has 1 amide bonds. The van der Waals surface area contributed by atoms with Crippen LogP contribution in [0.5, 0.6) is 0 Å². The number of aromatic nitrogens is 4. The number of hydrogen-bond donors (Lipinski definition) is 2. The first-order valence-electron chi connectivity index (χ1n) is 10.9. The van der Waals surface area contributed by atoms with E-state index in [2.05, 4.69) is 9.97 Å². The van der Waals surface area contributed by atoms with Crippen molar-refractivity contribution in [2.75, 3.05) is 12.3 Å². The molecule has 1 aromatic carbocycles. The van der Waals surface area contributed by atoms with Crippen LogP contribution in [0.4, 0.5) is 10.6 Å². The molecule has 0 aliphatic heterocycles. The molecule has 3 aromatic heterocycles. The molecule has 1 atom stereocenters. The molecule has 0 aliphatic carbocycles. The lowest BCUT2D eigenvalue weighted by atomic mass is 9.97. The summed E-state index contributed by atoms with van der Waals surface area (Å²) in [6.45, 7) is 8.09. The Labute approximate surface area is 203 Å². The third-order valence-corrected chi connectivity index (χ3v) is 5.98. The number of rotatable bonds is 5. The molecular weight excluding hydrogens is 452 g/mol. The van der Waals surface area contributed by atoms with Gasteiger partial charge in [0.05, 0.1) is 5.56 Å². The number of amides is 1. The first kappa shape index (κ1) is 23.5. The highest BCUT2D eigenvalue weighted by atomic mass is 35.5. The summed E-state index contributed by atoms with van der Waals surface area (Å²) in [6.07, 6.45) is 0.706. The molecule has 4 rings (SSSR count). The normalized spacial score (nSPS) is 12.6.